The molecule has 53 heavy (non-hydrogen) atoms. The van der Waals surface area contributed by atoms with Gasteiger partial charge in [-0.05, 0) is 90.0 Å². The van der Waals surface area contributed by atoms with Crippen LogP contribution in [0.5, 0.6) is 0 Å². The van der Waals surface area contributed by atoms with E-state index in [1.807, 2.05) is 43.3 Å². The van der Waals surface area contributed by atoms with Gasteiger partial charge in [-0.1, -0.05) is 48.0 Å². The fourth-order valence-corrected chi connectivity index (χ4v) is 9.95. The molecule has 272 valence electrons. The van der Waals surface area contributed by atoms with Gasteiger partial charge in [-0.25, -0.2) is 8.42 Å². The molecule has 0 saturated carbocycles. The summed E-state index contributed by atoms with van der Waals surface area (Å²) in [4.78, 5) is 52.6. The number of rotatable bonds is 8. The van der Waals surface area contributed by atoms with Gasteiger partial charge in [0.1, 0.15) is 6.04 Å². The van der Waals surface area contributed by atoms with Crippen LogP contribution in [-0.2, 0) is 37.4 Å². The third-order valence-electron chi connectivity index (χ3n) is 11.0. The van der Waals surface area contributed by atoms with E-state index >= 15 is 0 Å². The van der Waals surface area contributed by atoms with Crippen LogP contribution in [0.25, 0.3) is 11.1 Å². The Morgan fingerprint density at radius 3 is 2.49 bits per heavy atom. The molecule has 4 aromatic rings. The van der Waals surface area contributed by atoms with E-state index in [1.54, 1.807) is 52.8 Å². The minimum atomic E-state index is -3.82. The van der Waals surface area contributed by atoms with Crippen LogP contribution in [0.1, 0.15) is 57.9 Å². The molecule has 1 unspecified atom stereocenters. The number of sulfonamides is 1. The second kappa shape index (κ2) is 13.6. The predicted molar refractivity (Wildman–Crippen MR) is 197 cm³/mol. The number of aliphatic hydroxyl groups is 1. The molecule has 4 heterocycles. The average Bonchev–Trinajstić information content (AvgIpc) is 3.75. The number of fused-ring (bicyclic) bond motifs is 4. The van der Waals surface area contributed by atoms with Crippen molar-refractivity contribution in [2.75, 3.05) is 23.8 Å². The SMILES string of the molecule is Cc1ccc(S(=O)(=O)N2CC[C@@H]3[C@H](CO)Nc4ccc(-c5cccc(NC(=O)Cc6cccc7c6CN(C6CCC(=O)NC6=O)C7=O)c5)cc4[C@@H]32)cc1. The zero-order chi connectivity index (χ0) is 37.0. The van der Waals surface area contributed by atoms with Crippen molar-refractivity contribution in [3.05, 3.63) is 113 Å². The Bertz CT molecular complexity index is 2280. The fourth-order valence-electron chi connectivity index (χ4n) is 8.29. The number of aryl methyl sites for hydroxylation is 1. The lowest BCUT2D eigenvalue weighted by atomic mass is 9.82. The maximum absolute atomic E-state index is 14.0. The number of hydrogen-bond donors (Lipinski definition) is 4. The molecule has 0 bridgehead atoms. The van der Waals surface area contributed by atoms with Gasteiger partial charge in [0.25, 0.3) is 5.91 Å². The Hall–Kier alpha value is -5.37. The van der Waals surface area contributed by atoms with Crippen molar-refractivity contribution in [2.24, 2.45) is 5.92 Å². The summed E-state index contributed by atoms with van der Waals surface area (Å²) in [5.74, 6) is -1.54. The lowest BCUT2D eigenvalue weighted by Gasteiger charge is -2.39. The van der Waals surface area contributed by atoms with E-state index in [1.165, 1.54) is 4.90 Å². The normalized spacial score (nSPS) is 22.5. The van der Waals surface area contributed by atoms with Gasteiger partial charge < -0.3 is 20.6 Å². The molecule has 4 aliphatic rings. The maximum atomic E-state index is 14.0. The van der Waals surface area contributed by atoms with Crippen LogP contribution in [0.3, 0.4) is 0 Å². The number of aliphatic hydroxyl groups excluding tert-OH is 1. The Morgan fingerprint density at radius 2 is 1.72 bits per heavy atom. The molecule has 0 aliphatic carbocycles. The highest BCUT2D eigenvalue weighted by Gasteiger charge is 2.48. The summed E-state index contributed by atoms with van der Waals surface area (Å²) in [5, 5.41) is 19.0. The largest absolute Gasteiger partial charge is 0.394 e. The van der Waals surface area contributed by atoms with Gasteiger partial charge >= 0.3 is 0 Å². The Kier molecular flexibility index (Phi) is 8.88. The number of nitrogens with zero attached hydrogens (tertiary/aromatic N) is 2. The molecule has 4 aromatic carbocycles. The van der Waals surface area contributed by atoms with Gasteiger partial charge in [-0.15, -0.1) is 0 Å². The Balaban J connectivity index is 1.02. The van der Waals surface area contributed by atoms with Gasteiger partial charge in [0.05, 0.1) is 30.0 Å². The first-order valence-corrected chi connectivity index (χ1v) is 19.2. The number of hydrogen-bond acceptors (Lipinski definition) is 8. The molecular formula is C40H39N5O7S. The van der Waals surface area contributed by atoms with Crippen LogP contribution in [0, 0.1) is 12.8 Å². The molecule has 0 radical (unpaired) electrons. The fraction of sp³-hybridized carbons (Fsp3) is 0.300. The van der Waals surface area contributed by atoms with Crippen molar-refractivity contribution in [1.82, 2.24) is 14.5 Å². The van der Waals surface area contributed by atoms with Crippen molar-refractivity contribution < 1.29 is 32.7 Å². The molecule has 4 N–H and O–H groups in total. The van der Waals surface area contributed by atoms with Crippen LogP contribution in [-0.4, -0.2) is 71.6 Å². The third kappa shape index (κ3) is 6.28. The molecule has 4 amide bonds. The Labute approximate surface area is 307 Å². The van der Waals surface area contributed by atoms with E-state index in [0.717, 1.165) is 27.9 Å². The monoisotopic (exact) mass is 733 g/mol. The molecule has 13 heteroatoms. The molecule has 4 atom stereocenters. The number of amides is 4. The first kappa shape index (κ1) is 34.7. The molecule has 2 saturated heterocycles. The van der Waals surface area contributed by atoms with Crippen molar-refractivity contribution in [3.63, 3.8) is 0 Å². The second-order valence-corrected chi connectivity index (χ2v) is 16.1. The molecule has 0 aromatic heterocycles. The van der Waals surface area contributed by atoms with E-state index in [-0.39, 0.29) is 67.0 Å². The molecule has 2 fully saturated rings. The van der Waals surface area contributed by atoms with Gasteiger partial charge in [0, 0.05) is 42.4 Å². The first-order chi connectivity index (χ1) is 25.5. The lowest BCUT2D eigenvalue weighted by Crippen LogP contribution is -2.52. The van der Waals surface area contributed by atoms with Crippen LogP contribution in [0.4, 0.5) is 11.4 Å². The highest BCUT2D eigenvalue weighted by atomic mass is 32.2. The molecule has 4 aliphatic heterocycles. The summed E-state index contributed by atoms with van der Waals surface area (Å²) in [5.41, 5.74) is 6.63. The van der Waals surface area contributed by atoms with Crippen LogP contribution in [0.15, 0.2) is 89.8 Å². The standard InChI is InChI=1S/C40H39N5O7S/c1-23-8-11-28(12-9-23)53(51,52)45-17-16-30-34(22-46)42-33-13-10-25(19-31(33)38(30)45)24-4-2-6-27(18-24)41-37(48)20-26-5-3-7-29-32(26)21-44(40(29)50)35-14-15-36(47)43-39(35)49/h2-13,18-19,30,34-35,38,42,46H,14-17,20-22H2,1H3,(H,41,48)(H,43,47,49)/t30-,34+,35?,38-/m1/s1. The number of carbonyl (C=O) groups excluding carboxylic acids is 4. The van der Waals surface area contributed by atoms with Crippen molar-refractivity contribution >= 4 is 45.0 Å². The number of benzene rings is 4. The summed E-state index contributed by atoms with van der Waals surface area (Å²) in [6, 6.07) is 23.9. The summed E-state index contributed by atoms with van der Waals surface area (Å²) in [6.45, 7) is 2.31. The highest BCUT2D eigenvalue weighted by molar-refractivity contribution is 7.89. The number of piperidine rings is 1. The smallest absolute Gasteiger partial charge is 0.255 e. The van der Waals surface area contributed by atoms with E-state index in [2.05, 4.69) is 16.0 Å². The first-order valence-electron chi connectivity index (χ1n) is 17.8. The third-order valence-corrected chi connectivity index (χ3v) is 12.9. The zero-order valence-electron chi connectivity index (χ0n) is 29.0. The molecule has 0 spiro atoms. The van der Waals surface area contributed by atoms with Crippen molar-refractivity contribution in [1.29, 1.82) is 0 Å². The summed E-state index contributed by atoms with van der Waals surface area (Å²) < 4.78 is 29.5. The quantitative estimate of drug-likeness (QED) is 0.196. The second-order valence-electron chi connectivity index (χ2n) is 14.2. The average molecular weight is 734 g/mol. The van der Waals surface area contributed by atoms with E-state index < -0.39 is 28.0 Å². The van der Waals surface area contributed by atoms with Crippen LogP contribution >= 0.6 is 0 Å². The molecular weight excluding hydrogens is 695 g/mol. The summed E-state index contributed by atoms with van der Waals surface area (Å²) in [7, 11) is -3.82. The topological polar surface area (TPSA) is 165 Å². The molecule has 12 nitrogen and oxygen atoms in total. The zero-order valence-corrected chi connectivity index (χ0v) is 29.9. The van der Waals surface area contributed by atoms with E-state index in [4.69, 9.17) is 0 Å². The highest BCUT2D eigenvalue weighted by Crippen LogP contribution is 2.49. The minimum Gasteiger partial charge on any atom is -0.394 e. The van der Waals surface area contributed by atoms with Crippen molar-refractivity contribution in [3.8, 4) is 11.1 Å². The van der Waals surface area contributed by atoms with Gasteiger partial charge in [-0.2, -0.15) is 4.31 Å². The molecule has 8 rings (SSSR count). The van der Waals surface area contributed by atoms with Gasteiger partial charge in [0.15, 0.2) is 0 Å². The predicted octanol–water partition coefficient (Wildman–Crippen LogP) is 4.14. The van der Waals surface area contributed by atoms with Crippen LogP contribution in [0.2, 0.25) is 0 Å². The van der Waals surface area contributed by atoms with E-state index in [0.29, 0.717) is 35.3 Å². The number of carbonyl (C=O) groups is 4. The van der Waals surface area contributed by atoms with Crippen LogP contribution < -0.4 is 16.0 Å². The van der Waals surface area contributed by atoms with E-state index in [9.17, 15) is 32.7 Å². The van der Waals surface area contributed by atoms with Gasteiger partial charge in [0.2, 0.25) is 27.7 Å². The van der Waals surface area contributed by atoms with Crippen molar-refractivity contribution in [2.45, 2.75) is 62.2 Å². The Morgan fingerprint density at radius 1 is 0.943 bits per heavy atom. The number of anilines is 2. The van der Waals surface area contributed by atoms with Gasteiger partial charge in [-0.3, -0.25) is 24.5 Å². The summed E-state index contributed by atoms with van der Waals surface area (Å²) >= 11 is 0. The number of nitrogens with one attached hydrogen (secondary N) is 3. The maximum Gasteiger partial charge on any atom is 0.255 e. The summed E-state index contributed by atoms with van der Waals surface area (Å²) in [6.07, 6.45) is 1.03. The minimum absolute atomic E-state index is 0.00870. The lowest BCUT2D eigenvalue weighted by molar-refractivity contribution is -0.137. The number of imide groups is 1.